The Morgan fingerprint density at radius 1 is 1.22 bits per heavy atom. The number of furan rings is 1. The van der Waals surface area contributed by atoms with E-state index < -0.39 is 0 Å². The highest BCUT2D eigenvalue weighted by Gasteiger charge is 2.23. The molecule has 1 N–H and O–H groups in total. The van der Waals surface area contributed by atoms with E-state index in [4.69, 9.17) is 9.52 Å². The Morgan fingerprint density at radius 3 is 2.94 bits per heavy atom. The molecule has 0 amide bonds. The van der Waals surface area contributed by atoms with Crippen molar-refractivity contribution in [1.29, 1.82) is 0 Å². The summed E-state index contributed by atoms with van der Waals surface area (Å²) in [5.41, 5.74) is 0. The van der Waals surface area contributed by atoms with Crippen LogP contribution in [0.1, 0.15) is 56.7 Å². The number of aliphatic hydroxyl groups excluding tert-OH is 1. The van der Waals surface area contributed by atoms with Crippen LogP contribution in [0.4, 0.5) is 0 Å². The van der Waals surface area contributed by atoms with E-state index in [0.717, 1.165) is 25.1 Å². The lowest BCUT2D eigenvalue weighted by molar-refractivity contribution is 0.172. The van der Waals surface area contributed by atoms with Gasteiger partial charge in [0, 0.05) is 6.61 Å². The molecule has 1 saturated heterocycles. The van der Waals surface area contributed by atoms with Crippen LogP contribution in [-0.4, -0.2) is 29.7 Å². The Kier molecular flexibility index (Phi) is 5.75. The molecule has 1 fully saturated rings. The van der Waals surface area contributed by atoms with Crippen molar-refractivity contribution in [3.8, 4) is 0 Å². The third kappa shape index (κ3) is 3.85. The van der Waals surface area contributed by atoms with Gasteiger partial charge in [-0.1, -0.05) is 12.8 Å². The predicted molar refractivity (Wildman–Crippen MR) is 72.4 cm³/mol. The van der Waals surface area contributed by atoms with Gasteiger partial charge in [0.2, 0.25) is 0 Å². The van der Waals surface area contributed by atoms with Crippen LogP contribution < -0.4 is 0 Å². The lowest BCUT2D eigenvalue weighted by Crippen LogP contribution is -2.29. The predicted octanol–water partition coefficient (Wildman–Crippen LogP) is 3.36. The topological polar surface area (TPSA) is 36.6 Å². The first-order valence-electron chi connectivity index (χ1n) is 7.30. The van der Waals surface area contributed by atoms with Crippen LogP contribution in [0.3, 0.4) is 0 Å². The molecule has 2 heterocycles. The summed E-state index contributed by atoms with van der Waals surface area (Å²) in [6.07, 6.45) is 10.2. The normalized spacial score (nSPS) is 21.9. The van der Waals surface area contributed by atoms with Crippen LogP contribution in [0.15, 0.2) is 22.8 Å². The Bertz CT molecular complexity index is 310. The largest absolute Gasteiger partial charge is 0.468 e. The first kappa shape index (κ1) is 13.6. The second-order valence-electron chi connectivity index (χ2n) is 5.20. The third-order valence-electron chi connectivity index (χ3n) is 3.84. The van der Waals surface area contributed by atoms with Crippen LogP contribution in [-0.2, 0) is 0 Å². The van der Waals surface area contributed by atoms with Crippen molar-refractivity contribution < 1.29 is 9.52 Å². The summed E-state index contributed by atoms with van der Waals surface area (Å²) in [4.78, 5) is 2.57. The molecular formula is C15H25NO2. The second-order valence-corrected chi connectivity index (χ2v) is 5.20. The number of unbranched alkanes of at least 4 members (excludes halogenated alkanes) is 2. The van der Waals surface area contributed by atoms with Crippen LogP contribution in [0.2, 0.25) is 0 Å². The SMILES string of the molecule is OCCCCCN1CCCCCC1c1ccco1. The Hall–Kier alpha value is -0.800. The minimum absolute atomic E-state index is 0.321. The van der Waals surface area contributed by atoms with Gasteiger partial charge in [-0.25, -0.2) is 0 Å². The Morgan fingerprint density at radius 2 is 2.17 bits per heavy atom. The first-order valence-corrected chi connectivity index (χ1v) is 7.30. The van der Waals surface area contributed by atoms with Gasteiger partial charge in [0.1, 0.15) is 5.76 Å². The average molecular weight is 251 g/mol. The fraction of sp³-hybridized carbons (Fsp3) is 0.733. The first-order chi connectivity index (χ1) is 8.92. The number of rotatable bonds is 6. The van der Waals surface area contributed by atoms with Crippen molar-refractivity contribution in [3.05, 3.63) is 24.2 Å². The van der Waals surface area contributed by atoms with Crippen molar-refractivity contribution in [2.45, 2.75) is 51.0 Å². The summed E-state index contributed by atoms with van der Waals surface area (Å²) in [6, 6.07) is 4.57. The number of aliphatic hydroxyl groups is 1. The molecule has 1 aromatic rings. The van der Waals surface area contributed by atoms with E-state index in [2.05, 4.69) is 11.0 Å². The Labute approximate surface area is 110 Å². The number of nitrogens with zero attached hydrogens (tertiary/aromatic N) is 1. The fourth-order valence-electron chi connectivity index (χ4n) is 2.84. The Balaban J connectivity index is 1.90. The molecule has 1 aliphatic heterocycles. The molecule has 102 valence electrons. The molecule has 1 atom stereocenters. The van der Waals surface area contributed by atoms with E-state index >= 15 is 0 Å². The van der Waals surface area contributed by atoms with Gasteiger partial charge in [0.05, 0.1) is 12.3 Å². The third-order valence-corrected chi connectivity index (χ3v) is 3.84. The molecule has 0 aromatic carbocycles. The van der Waals surface area contributed by atoms with E-state index in [1.165, 1.54) is 38.6 Å². The molecule has 0 spiro atoms. The van der Waals surface area contributed by atoms with Gasteiger partial charge in [0.25, 0.3) is 0 Å². The standard InChI is InChI=1S/C15H25NO2/c17-12-6-2-5-11-16-10-4-1-3-8-14(16)15-9-7-13-18-15/h7,9,13-14,17H,1-6,8,10-12H2. The zero-order valence-electron chi connectivity index (χ0n) is 11.2. The second kappa shape index (κ2) is 7.59. The molecule has 3 heteroatoms. The van der Waals surface area contributed by atoms with E-state index in [1.54, 1.807) is 6.26 Å². The van der Waals surface area contributed by atoms with E-state index in [-0.39, 0.29) is 0 Å². The van der Waals surface area contributed by atoms with Crippen LogP contribution in [0.5, 0.6) is 0 Å². The van der Waals surface area contributed by atoms with Crippen molar-refractivity contribution in [3.63, 3.8) is 0 Å². The minimum Gasteiger partial charge on any atom is -0.468 e. The van der Waals surface area contributed by atoms with Crippen molar-refractivity contribution in [1.82, 2.24) is 4.90 Å². The highest BCUT2D eigenvalue weighted by Crippen LogP contribution is 2.30. The van der Waals surface area contributed by atoms with Gasteiger partial charge in [-0.15, -0.1) is 0 Å². The molecule has 0 radical (unpaired) electrons. The summed E-state index contributed by atoms with van der Waals surface area (Å²) in [5.74, 6) is 1.12. The summed E-state index contributed by atoms with van der Waals surface area (Å²) in [7, 11) is 0. The van der Waals surface area contributed by atoms with Crippen molar-refractivity contribution >= 4 is 0 Å². The maximum absolute atomic E-state index is 8.82. The van der Waals surface area contributed by atoms with Gasteiger partial charge in [-0.2, -0.15) is 0 Å². The maximum atomic E-state index is 8.82. The average Bonchev–Trinajstić information content (AvgIpc) is 2.81. The molecule has 0 bridgehead atoms. The van der Waals surface area contributed by atoms with Gasteiger partial charge >= 0.3 is 0 Å². The van der Waals surface area contributed by atoms with Crippen molar-refractivity contribution in [2.75, 3.05) is 19.7 Å². The van der Waals surface area contributed by atoms with Gasteiger partial charge in [0.15, 0.2) is 0 Å². The zero-order chi connectivity index (χ0) is 12.6. The van der Waals surface area contributed by atoms with E-state index in [1.807, 2.05) is 6.07 Å². The van der Waals surface area contributed by atoms with Gasteiger partial charge < -0.3 is 9.52 Å². The summed E-state index contributed by atoms with van der Waals surface area (Å²) < 4.78 is 5.60. The van der Waals surface area contributed by atoms with E-state index in [9.17, 15) is 0 Å². The van der Waals surface area contributed by atoms with Crippen molar-refractivity contribution in [2.24, 2.45) is 0 Å². The lowest BCUT2D eigenvalue weighted by atomic mass is 10.1. The number of hydrogen-bond donors (Lipinski definition) is 1. The smallest absolute Gasteiger partial charge is 0.120 e. The summed E-state index contributed by atoms with van der Waals surface area (Å²) in [5, 5.41) is 8.82. The summed E-state index contributed by atoms with van der Waals surface area (Å²) in [6.45, 7) is 2.64. The van der Waals surface area contributed by atoms with Gasteiger partial charge in [-0.3, -0.25) is 4.90 Å². The molecule has 0 aliphatic carbocycles. The highest BCUT2D eigenvalue weighted by atomic mass is 16.3. The molecule has 0 saturated carbocycles. The zero-order valence-corrected chi connectivity index (χ0v) is 11.2. The molecule has 2 rings (SSSR count). The van der Waals surface area contributed by atoms with E-state index in [0.29, 0.717) is 12.6 Å². The van der Waals surface area contributed by atoms with Crippen LogP contribution in [0, 0.1) is 0 Å². The van der Waals surface area contributed by atoms with Gasteiger partial charge in [-0.05, 0) is 57.3 Å². The highest BCUT2D eigenvalue weighted by molar-refractivity contribution is 5.05. The quantitative estimate of drug-likeness (QED) is 0.788. The molecule has 1 aliphatic rings. The maximum Gasteiger partial charge on any atom is 0.120 e. The fourth-order valence-corrected chi connectivity index (χ4v) is 2.84. The minimum atomic E-state index is 0.321. The molecular weight excluding hydrogens is 226 g/mol. The monoisotopic (exact) mass is 251 g/mol. The molecule has 1 unspecified atom stereocenters. The summed E-state index contributed by atoms with van der Waals surface area (Å²) >= 11 is 0. The number of hydrogen-bond acceptors (Lipinski definition) is 3. The molecule has 1 aromatic heterocycles. The number of likely N-dealkylation sites (tertiary alicyclic amines) is 1. The molecule has 18 heavy (non-hydrogen) atoms. The lowest BCUT2D eigenvalue weighted by Gasteiger charge is -2.28. The molecule has 3 nitrogen and oxygen atoms in total. The van der Waals surface area contributed by atoms with Crippen LogP contribution >= 0.6 is 0 Å². The van der Waals surface area contributed by atoms with Crippen LogP contribution in [0.25, 0.3) is 0 Å².